The molecule has 12 heavy (non-hydrogen) atoms. The number of hydrogen-bond acceptors (Lipinski definition) is 3. The molecule has 0 aliphatic carbocycles. The van der Waals surface area contributed by atoms with Crippen LogP contribution in [0.4, 0.5) is 0 Å². The van der Waals surface area contributed by atoms with Crippen LogP contribution in [0.25, 0.3) is 0 Å². The highest BCUT2D eigenvalue weighted by atomic mass is 16.4. The highest BCUT2D eigenvalue weighted by molar-refractivity contribution is 5.72. The zero-order chi connectivity index (χ0) is 9.56. The first kappa shape index (κ1) is 11.4. The number of aliphatic carboxylic acids is 1. The standard InChI is InChI=1S/C5H11N.C3H7NO2/c1-6-4-2-3-5-6;1-2(4)3(5)6/h2-5H2,1H3;2H,4H2,1H3,(H,5,6)/t;2-/m.0/s1. The molecular formula is C8H18N2O2. The largest absolute Gasteiger partial charge is 0.480 e. The number of carboxylic acid groups (broad SMARTS) is 1. The van der Waals surface area contributed by atoms with Crippen molar-refractivity contribution >= 4 is 5.97 Å². The maximum absolute atomic E-state index is 9.57. The Morgan fingerprint density at radius 3 is 1.92 bits per heavy atom. The summed E-state index contributed by atoms with van der Waals surface area (Å²) in [6, 6.07) is -0.731. The van der Waals surface area contributed by atoms with Crippen LogP contribution in [0.2, 0.25) is 0 Å². The van der Waals surface area contributed by atoms with Crippen molar-refractivity contribution in [1.29, 1.82) is 0 Å². The smallest absolute Gasteiger partial charge is 0.320 e. The molecule has 0 aromatic rings. The number of carboxylic acids is 1. The van der Waals surface area contributed by atoms with Crippen LogP contribution in [-0.4, -0.2) is 42.2 Å². The molecule has 0 amide bonds. The molecule has 0 unspecified atom stereocenters. The van der Waals surface area contributed by atoms with Gasteiger partial charge in [-0.2, -0.15) is 0 Å². The highest BCUT2D eigenvalue weighted by Crippen LogP contribution is 2.01. The quantitative estimate of drug-likeness (QED) is 0.593. The molecule has 4 heteroatoms. The molecule has 0 bridgehead atoms. The Kier molecular flexibility index (Phi) is 5.66. The summed E-state index contributed by atoms with van der Waals surface area (Å²) in [5.41, 5.74) is 4.84. The van der Waals surface area contributed by atoms with E-state index in [2.05, 4.69) is 11.9 Å². The van der Waals surface area contributed by atoms with Gasteiger partial charge in [-0.15, -0.1) is 0 Å². The van der Waals surface area contributed by atoms with Crippen molar-refractivity contribution in [3.8, 4) is 0 Å². The van der Waals surface area contributed by atoms with E-state index in [9.17, 15) is 4.79 Å². The van der Waals surface area contributed by atoms with E-state index in [1.165, 1.54) is 32.9 Å². The minimum absolute atomic E-state index is 0.731. The second-order valence-corrected chi connectivity index (χ2v) is 3.14. The molecule has 1 heterocycles. The van der Waals surface area contributed by atoms with Gasteiger partial charge in [-0.25, -0.2) is 0 Å². The van der Waals surface area contributed by atoms with Gasteiger partial charge in [0.25, 0.3) is 0 Å². The lowest BCUT2D eigenvalue weighted by atomic mass is 10.4. The van der Waals surface area contributed by atoms with Gasteiger partial charge in [-0.05, 0) is 39.9 Å². The summed E-state index contributed by atoms with van der Waals surface area (Å²) in [5, 5.41) is 7.87. The molecule has 0 radical (unpaired) electrons. The van der Waals surface area contributed by atoms with Gasteiger partial charge in [-0.3, -0.25) is 4.79 Å². The summed E-state index contributed by atoms with van der Waals surface area (Å²) in [5.74, 6) is -0.963. The molecule has 1 aliphatic rings. The third kappa shape index (κ3) is 6.12. The van der Waals surface area contributed by atoms with Crippen LogP contribution in [0.3, 0.4) is 0 Å². The first-order chi connectivity index (χ1) is 5.54. The van der Waals surface area contributed by atoms with Crippen molar-refractivity contribution in [3.05, 3.63) is 0 Å². The maximum Gasteiger partial charge on any atom is 0.320 e. The lowest BCUT2D eigenvalue weighted by Gasteiger charge is -2.01. The first-order valence-electron chi connectivity index (χ1n) is 4.21. The second-order valence-electron chi connectivity index (χ2n) is 3.14. The summed E-state index contributed by atoms with van der Waals surface area (Å²) in [7, 11) is 2.17. The van der Waals surface area contributed by atoms with Gasteiger partial charge in [0.2, 0.25) is 0 Å². The SMILES string of the molecule is CN1CCCC1.C[C@H](N)C(=O)O. The van der Waals surface area contributed by atoms with E-state index < -0.39 is 12.0 Å². The zero-order valence-corrected chi connectivity index (χ0v) is 7.79. The summed E-state index contributed by atoms with van der Waals surface area (Å²) in [4.78, 5) is 11.9. The van der Waals surface area contributed by atoms with Crippen LogP contribution < -0.4 is 5.73 Å². The summed E-state index contributed by atoms with van der Waals surface area (Å²) in [6.07, 6.45) is 2.83. The van der Waals surface area contributed by atoms with Crippen LogP contribution in [0, 0.1) is 0 Å². The molecule has 1 rings (SSSR count). The molecular weight excluding hydrogens is 156 g/mol. The summed E-state index contributed by atoms with van der Waals surface area (Å²) < 4.78 is 0. The Bertz CT molecular complexity index is 131. The Morgan fingerprint density at radius 2 is 1.83 bits per heavy atom. The Hall–Kier alpha value is -0.610. The predicted molar refractivity (Wildman–Crippen MR) is 48.0 cm³/mol. The van der Waals surface area contributed by atoms with Crippen molar-refractivity contribution in [1.82, 2.24) is 4.90 Å². The summed E-state index contributed by atoms with van der Waals surface area (Å²) >= 11 is 0. The molecule has 4 nitrogen and oxygen atoms in total. The molecule has 1 saturated heterocycles. The van der Waals surface area contributed by atoms with Gasteiger partial charge < -0.3 is 15.7 Å². The van der Waals surface area contributed by atoms with Gasteiger partial charge in [0.15, 0.2) is 0 Å². The lowest BCUT2D eigenvalue weighted by molar-refractivity contribution is -0.138. The van der Waals surface area contributed by atoms with E-state index in [0.717, 1.165) is 0 Å². The van der Waals surface area contributed by atoms with Crippen molar-refractivity contribution in [3.63, 3.8) is 0 Å². The van der Waals surface area contributed by atoms with Crippen molar-refractivity contribution in [2.75, 3.05) is 20.1 Å². The first-order valence-corrected chi connectivity index (χ1v) is 4.21. The number of rotatable bonds is 1. The minimum atomic E-state index is -0.963. The maximum atomic E-state index is 9.57. The average Bonchev–Trinajstić information content (AvgIpc) is 2.40. The van der Waals surface area contributed by atoms with Gasteiger partial charge in [-0.1, -0.05) is 0 Å². The molecule has 1 fully saturated rings. The van der Waals surface area contributed by atoms with Crippen molar-refractivity contribution in [2.45, 2.75) is 25.8 Å². The molecule has 0 aromatic heterocycles. The van der Waals surface area contributed by atoms with Crippen molar-refractivity contribution in [2.24, 2.45) is 5.73 Å². The number of nitrogens with two attached hydrogens (primary N) is 1. The average molecular weight is 174 g/mol. The Morgan fingerprint density at radius 1 is 1.50 bits per heavy atom. The van der Waals surface area contributed by atoms with E-state index in [-0.39, 0.29) is 0 Å². The van der Waals surface area contributed by atoms with Crippen LogP contribution >= 0.6 is 0 Å². The van der Waals surface area contributed by atoms with E-state index in [0.29, 0.717) is 0 Å². The molecule has 1 atom stereocenters. The normalized spacial score (nSPS) is 19.6. The fourth-order valence-corrected chi connectivity index (χ4v) is 0.875. The fraction of sp³-hybridized carbons (Fsp3) is 0.875. The highest BCUT2D eigenvalue weighted by Gasteiger charge is 2.03. The number of likely N-dealkylation sites (tertiary alicyclic amines) is 1. The topological polar surface area (TPSA) is 66.6 Å². The second kappa shape index (κ2) is 5.97. The molecule has 0 aromatic carbocycles. The van der Waals surface area contributed by atoms with E-state index in [4.69, 9.17) is 10.8 Å². The molecule has 72 valence electrons. The van der Waals surface area contributed by atoms with Gasteiger partial charge in [0, 0.05) is 0 Å². The lowest BCUT2D eigenvalue weighted by Crippen LogP contribution is -2.25. The number of nitrogens with zero attached hydrogens (tertiary/aromatic N) is 1. The minimum Gasteiger partial charge on any atom is -0.480 e. The molecule has 0 spiro atoms. The van der Waals surface area contributed by atoms with Gasteiger partial charge in [0.1, 0.15) is 6.04 Å². The van der Waals surface area contributed by atoms with E-state index in [1.54, 1.807) is 0 Å². The van der Waals surface area contributed by atoms with Crippen LogP contribution in [0.1, 0.15) is 19.8 Å². The molecule has 0 saturated carbocycles. The predicted octanol–water partition coefficient (Wildman–Crippen LogP) is 0.130. The van der Waals surface area contributed by atoms with Crippen LogP contribution in [-0.2, 0) is 4.79 Å². The van der Waals surface area contributed by atoms with E-state index >= 15 is 0 Å². The Labute approximate surface area is 73.3 Å². The summed E-state index contributed by atoms with van der Waals surface area (Å²) in [6.45, 7) is 4.06. The third-order valence-electron chi connectivity index (χ3n) is 1.72. The van der Waals surface area contributed by atoms with Crippen LogP contribution in [0.15, 0.2) is 0 Å². The zero-order valence-electron chi connectivity index (χ0n) is 7.79. The number of carbonyl (C=O) groups is 1. The van der Waals surface area contributed by atoms with Gasteiger partial charge >= 0.3 is 5.97 Å². The van der Waals surface area contributed by atoms with E-state index in [1.807, 2.05) is 0 Å². The molecule has 1 aliphatic heterocycles. The van der Waals surface area contributed by atoms with Crippen LogP contribution in [0.5, 0.6) is 0 Å². The fourth-order valence-electron chi connectivity index (χ4n) is 0.875. The van der Waals surface area contributed by atoms with Gasteiger partial charge in [0.05, 0.1) is 0 Å². The number of hydrogen-bond donors (Lipinski definition) is 2. The Balaban J connectivity index is 0.000000202. The van der Waals surface area contributed by atoms with Crippen molar-refractivity contribution < 1.29 is 9.90 Å². The third-order valence-corrected chi connectivity index (χ3v) is 1.72. The monoisotopic (exact) mass is 174 g/mol. The molecule has 3 N–H and O–H groups in total.